The van der Waals surface area contributed by atoms with Crippen LogP contribution in [-0.2, 0) is 10.8 Å². The molecule has 0 aliphatic carbocycles. The van der Waals surface area contributed by atoms with E-state index >= 15 is 0 Å². The molecule has 0 radical (unpaired) electrons. The third kappa shape index (κ3) is 4.56. The Hall–Kier alpha value is -2.67. The van der Waals surface area contributed by atoms with E-state index in [4.69, 9.17) is 5.41 Å². The van der Waals surface area contributed by atoms with Crippen LogP contribution in [0.25, 0.3) is 22.3 Å². The zero-order valence-corrected chi connectivity index (χ0v) is 19.8. The van der Waals surface area contributed by atoms with E-state index < -0.39 is 0 Å². The molecule has 1 N–H and O–H groups in total. The second kappa shape index (κ2) is 7.87. The summed E-state index contributed by atoms with van der Waals surface area (Å²) in [6.07, 6.45) is 0. The van der Waals surface area contributed by atoms with Gasteiger partial charge in [0.25, 0.3) is 0 Å². The van der Waals surface area contributed by atoms with Crippen molar-refractivity contribution in [2.24, 2.45) is 0 Å². The fourth-order valence-electron chi connectivity index (χ4n) is 3.83. The van der Waals surface area contributed by atoms with Crippen LogP contribution in [0.3, 0.4) is 0 Å². The third-order valence-corrected chi connectivity index (χ3v) is 5.96. The predicted octanol–water partition coefficient (Wildman–Crippen LogP) is 8.31. The van der Waals surface area contributed by atoms with Crippen LogP contribution in [0.15, 0.2) is 60.7 Å². The highest BCUT2D eigenvalue weighted by molar-refractivity contribution is 5.99. The maximum atomic E-state index is 8.26. The first kappa shape index (κ1) is 22.0. The lowest BCUT2D eigenvalue weighted by Crippen LogP contribution is -2.10. The van der Waals surface area contributed by atoms with Crippen molar-refractivity contribution in [3.05, 3.63) is 82.9 Å². The van der Waals surface area contributed by atoms with Crippen molar-refractivity contribution in [2.75, 3.05) is 0 Å². The van der Waals surface area contributed by atoms with Gasteiger partial charge in [-0.15, -0.1) is 0 Å². The second-order valence-corrected chi connectivity index (χ2v) is 10.5. The minimum Gasteiger partial charge on any atom is -0.305 e. The van der Waals surface area contributed by atoms with Gasteiger partial charge in [0, 0.05) is 5.71 Å². The Labute approximate surface area is 182 Å². The molecule has 0 aromatic heterocycles. The molecule has 1 nitrogen and oxygen atoms in total. The lowest BCUT2D eigenvalue weighted by Gasteiger charge is -2.21. The van der Waals surface area contributed by atoms with Crippen molar-refractivity contribution < 1.29 is 0 Å². The Bertz CT molecular complexity index is 975. The molecular weight excluding hydrogens is 362 g/mol. The molecule has 0 amide bonds. The maximum absolute atomic E-state index is 8.26. The molecular formula is C29H35N. The van der Waals surface area contributed by atoms with Gasteiger partial charge in [-0.2, -0.15) is 0 Å². The van der Waals surface area contributed by atoms with Crippen LogP contribution in [0, 0.1) is 12.3 Å². The van der Waals surface area contributed by atoms with Gasteiger partial charge in [-0.25, -0.2) is 0 Å². The Morgan fingerprint density at radius 2 is 0.967 bits per heavy atom. The van der Waals surface area contributed by atoms with Crippen LogP contribution in [0.1, 0.15) is 70.7 Å². The molecule has 0 spiro atoms. The highest BCUT2D eigenvalue weighted by atomic mass is 14.4. The molecule has 0 heterocycles. The van der Waals surface area contributed by atoms with Crippen LogP contribution >= 0.6 is 0 Å². The number of nitrogens with one attached hydrogen (secondary N) is 1. The van der Waals surface area contributed by atoms with Gasteiger partial charge in [-0.05, 0) is 81.3 Å². The number of hydrogen-bond acceptors (Lipinski definition) is 1. The van der Waals surface area contributed by atoms with E-state index in [0.29, 0.717) is 5.71 Å². The normalized spacial score (nSPS) is 12.1. The van der Waals surface area contributed by atoms with Gasteiger partial charge >= 0.3 is 0 Å². The smallest absolute Gasteiger partial charge is 0.0355 e. The van der Waals surface area contributed by atoms with E-state index in [-0.39, 0.29) is 10.8 Å². The molecule has 156 valence electrons. The van der Waals surface area contributed by atoms with E-state index in [1.165, 1.54) is 38.9 Å². The molecule has 0 aliphatic rings. The quantitative estimate of drug-likeness (QED) is 0.430. The summed E-state index contributed by atoms with van der Waals surface area (Å²) in [5.41, 5.74) is 10.6. The molecule has 3 aromatic carbocycles. The van der Waals surface area contributed by atoms with E-state index in [0.717, 1.165) is 5.56 Å². The molecule has 0 saturated heterocycles. The first-order valence-electron chi connectivity index (χ1n) is 10.8. The first-order valence-corrected chi connectivity index (χ1v) is 10.8. The summed E-state index contributed by atoms with van der Waals surface area (Å²) in [5, 5.41) is 8.26. The van der Waals surface area contributed by atoms with Crippen molar-refractivity contribution in [2.45, 2.75) is 66.2 Å². The van der Waals surface area contributed by atoms with Crippen molar-refractivity contribution in [1.29, 1.82) is 5.41 Å². The van der Waals surface area contributed by atoms with Gasteiger partial charge in [0.2, 0.25) is 0 Å². The lowest BCUT2D eigenvalue weighted by molar-refractivity contribution is 0.590. The molecule has 0 bridgehead atoms. The fraction of sp³-hybridized carbons (Fsp3) is 0.345. The van der Waals surface area contributed by atoms with Crippen LogP contribution in [0.2, 0.25) is 0 Å². The molecule has 1 heteroatoms. The fourth-order valence-corrected chi connectivity index (χ4v) is 3.83. The molecule has 0 unspecified atom stereocenters. The van der Waals surface area contributed by atoms with E-state index in [1.807, 2.05) is 6.92 Å². The predicted molar refractivity (Wildman–Crippen MR) is 132 cm³/mol. The minimum atomic E-state index is 0.140. The first-order chi connectivity index (χ1) is 13.9. The Morgan fingerprint density at radius 1 is 0.633 bits per heavy atom. The van der Waals surface area contributed by atoms with E-state index in [2.05, 4.69) is 109 Å². The average molecular weight is 398 g/mol. The molecule has 3 aromatic rings. The Morgan fingerprint density at radius 3 is 1.23 bits per heavy atom. The van der Waals surface area contributed by atoms with Gasteiger partial charge in [0.05, 0.1) is 0 Å². The van der Waals surface area contributed by atoms with Crippen molar-refractivity contribution in [1.82, 2.24) is 0 Å². The van der Waals surface area contributed by atoms with Gasteiger partial charge in [0.15, 0.2) is 0 Å². The molecule has 0 aliphatic heterocycles. The van der Waals surface area contributed by atoms with Crippen molar-refractivity contribution in [3.63, 3.8) is 0 Å². The summed E-state index contributed by atoms with van der Waals surface area (Å²) in [5.74, 6) is 0. The summed E-state index contributed by atoms with van der Waals surface area (Å²) in [4.78, 5) is 0. The molecule has 3 rings (SSSR count). The molecule has 0 saturated carbocycles. The Balaban J connectivity index is 2.14. The maximum Gasteiger partial charge on any atom is 0.0355 e. The Kier molecular flexibility index (Phi) is 5.78. The summed E-state index contributed by atoms with van der Waals surface area (Å²) < 4.78 is 0. The van der Waals surface area contributed by atoms with Crippen molar-refractivity contribution >= 4 is 5.71 Å². The standard InChI is InChI=1S/C29H35N/c1-19-26(21-9-13-24(14-10-21)28(3,4)5)17-23(20(2)30)18-27(19)22-11-15-25(16-12-22)29(6,7)8/h9-18,30H,1-8H3. The lowest BCUT2D eigenvalue weighted by atomic mass is 9.84. The van der Waals surface area contributed by atoms with Crippen LogP contribution in [0.4, 0.5) is 0 Å². The summed E-state index contributed by atoms with van der Waals surface area (Å²) >= 11 is 0. The molecule has 0 atom stereocenters. The van der Waals surface area contributed by atoms with Gasteiger partial charge in [-0.3, -0.25) is 0 Å². The highest BCUT2D eigenvalue weighted by Crippen LogP contribution is 2.35. The van der Waals surface area contributed by atoms with E-state index in [9.17, 15) is 0 Å². The summed E-state index contributed by atoms with van der Waals surface area (Å²) in [6.45, 7) is 17.5. The van der Waals surface area contributed by atoms with Crippen LogP contribution in [0.5, 0.6) is 0 Å². The molecule has 30 heavy (non-hydrogen) atoms. The van der Waals surface area contributed by atoms with Gasteiger partial charge in [0.1, 0.15) is 0 Å². The zero-order valence-electron chi connectivity index (χ0n) is 19.8. The number of hydrogen-bond donors (Lipinski definition) is 1. The highest BCUT2D eigenvalue weighted by Gasteiger charge is 2.17. The summed E-state index contributed by atoms with van der Waals surface area (Å²) in [7, 11) is 0. The van der Waals surface area contributed by atoms with Gasteiger partial charge in [-0.1, -0.05) is 90.1 Å². The minimum absolute atomic E-state index is 0.140. The van der Waals surface area contributed by atoms with Gasteiger partial charge < -0.3 is 5.41 Å². The summed E-state index contributed by atoms with van der Waals surface area (Å²) in [6, 6.07) is 22.1. The monoisotopic (exact) mass is 397 g/mol. The topological polar surface area (TPSA) is 23.9 Å². The van der Waals surface area contributed by atoms with Crippen molar-refractivity contribution in [3.8, 4) is 22.3 Å². The molecule has 0 fully saturated rings. The van der Waals surface area contributed by atoms with Crippen LogP contribution < -0.4 is 0 Å². The number of benzene rings is 3. The third-order valence-electron chi connectivity index (χ3n) is 5.96. The van der Waals surface area contributed by atoms with E-state index in [1.54, 1.807) is 0 Å². The largest absolute Gasteiger partial charge is 0.305 e. The second-order valence-electron chi connectivity index (χ2n) is 10.5. The number of rotatable bonds is 3. The zero-order chi connectivity index (χ0) is 22.3. The average Bonchev–Trinajstić information content (AvgIpc) is 2.67. The van der Waals surface area contributed by atoms with Crippen LogP contribution in [-0.4, -0.2) is 5.71 Å². The SMILES string of the molecule is CC(=N)c1cc(-c2ccc(C(C)(C)C)cc2)c(C)c(-c2ccc(C(C)(C)C)cc2)c1.